The zero-order valence-electron chi connectivity index (χ0n) is 11.5. The first-order valence-electron chi connectivity index (χ1n) is 6.31. The second kappa shape index (κ2) is 6.02. The first-order valence-corrected chi connectivity index (χ1v) is 7.12. The largest absolute Gasteiger partial charge is 0.491 e. The van der Waals surface area contributed by atoms with Gasteiger partial charge in [-0.15, -0.1) is 0 Å². The standard InChI is InChI=1S/C14H19N3OS/c1-4-7-18-13-9-11(5-6-12(13)15)19-14-8-10(2)16-17(14)3/h5-6,8-9H,4,7,15H2,1-3H3. The third-order valence-corrected chi connectivity index (χ3v) is 3.71. The summed E-state index contributed by atoms with van der Waals surface area (Å²) in [7, 11) is 1.95. The van der Waals surface area contributed by atoms with E-state index in [1.165, 1.54) is 0 Å². The van der Waals surface area contributed by atoms with Crippen LogP contribution in [0.4, 0.5) is 5.69 Å². The van der Waals surface area contributed by atoms with E-state index < -0.39 is 0 Å². The van der Waals surface area contributed by atoms with Gasteiger partial charge in [0.15, 0.2) is 0 Å². The van der Waals surface area contributed by atoms with E-state index in [4.69, 9.17) is 10.5 Å². The van der Waals surface area contributed by atoms with Gasteiger partial charge in [0.05, 0.1) is 23.0 Å². The number of hydrogen-bond donors (Lipinski definition) is 1. The molecule has 2 aromatic rings. The van der Waals surface area contributed by atoms with Crippen LogP contribution in [0, 0.1) is 6.92 Å². The second-order valence-corrected chi connectivity index (χ2v) is 5.49. The summed E-state index contributed by atoms with van der Waals surface area (Å²) < 4.78 is 7.52. The molecule has 2 N–H and O–H groups in total. The summed E-state index contributed by atoms with van der Waals surface area (Å²) >= 11 is 1.66. The van der Waals surface area contributed by atoms with Gasteiger partial charge in [-0.1, -0.05) is 18.7 Å². The quantitative estimate of drug-likeness (QED) is 0.852. The van der Waals surface area contributed by atoms with Crippen LogP contribution >= 0.6 is 11.8 Å². The number of hydrogen-bond acceptors (Lipinski definition) is 4. The van der Waals surface area contributed by atoms with E-state index in [-0.39, 0.29) is 0 Å². The summed E-state index contributed by atoms with van der Waals surface area (Å²) in [5.41, 5.74) is 7.60. The van der Waals surface area contributed by atoms with E-state index in [2.05, 4.69) is 18.1 Å². The van der Waals surface area contributed by atoms with Gasteiger partial charge in [-0.2, -0.15) is 5.10 Å². The van der Waals surface area contributed by atoms with Gasteiger partial charge < -0.3 is 10.5 Å². The SMILES string of the molecule is CCCOc1cc(Sc2cc(C)nn2C)ccc1N. The summed E-state index contributed by atoms with van der Waals surface area (Å²) in [6.07, 6.45) is 0.970. The molecule has 0 saturated carbocycles. The maximum Gasteiger partial charge on any atom is 0.143 e. The number of anilines is 1. The van der Waals surface area contributed by atoms with Crippen molar-refractivity contribution in [3.05, 3.63) is 30.0 Å². The van der Waals surface area contributed by atoms with E-state index in [1.54, 1.807) is 11.8 Å². The maximum atomic E-state index is 5.91. The Balaban J connectivity index is 2.18. The Labute approximate surface area is 117 Å². The smallest absolute Gasteiger partial charge is 0.143 e. The molecule has 0 bridgehead atoms. The molecule has 5 heteroatoms. The summed E-state index contributed by atoms with van der Waals surface area (Å²) in [4.78, 5) is 1.10. The van der Waals surface area contributed by atoms with Gasteiger partial charge in [0.2, 0.25) is 0 Å². The first-order chi connectivity index (χ1) is 9.10. The molecule has 4 nitrogen and oxygen atoms in total. The third-order valence-electron chi connectivity index (χ3n) is 2.63. The Morgan fingerprint density at radius 2 is 2.16 bits per heavy atom. The molecule has 0 aliphatic rings. The molecule has 0 spiro atoms. The van der Waals surface area contributed by atoms with Crippen molar-refractivity contribution in [2.75, 3.05) is 12.3 Å². The molecular formula is C14H19N3OS. The maximum absolute atomic E-state index is 5.91. The summed E-state index contributed by atoms with van der Waals surface area (Å²) in [5.74, 6) is 0.755. The number of nitrogens with two attached hydrogens (primary N) is 1. The minimum absolute atomic E-state index is 0.680. The number of nitrogen functional groups attached to an aromatic ring is 1. The highest BCUT2D eigenvalue weighted by atomic mass is 32.2. The topological polar surface area (TPSA) is 53.1 Å². The minimum Gasteiger partial charge on any atom is -0.491 e. The zero-order valence-corrected chi connectivity index (χ0v) is 12.3. The van der Waals surface area contributed by atoms with Gasteiger partial charge in [0.1, 0.15) is 5.75 Å². The van der Waals surface area contributed by atoms with E-state index >= 15 is 0 Å². The number of aromatic nitrogens is 2. The lowest BCUT2D eigenvalue weighted by atomic mass is 10.3. The molecule has 1 heterocycles. The minimum atomic E-state index is 0.680. The molecule has 102 valence electrons. The first kappa shape index (κ1) is 13.8. The fourth-order valence-corrected chi connectivity index (χ4v) is 2.66. The molecule has 0 radical (unpaired) electrons. The third kappa shape index (κ3) is 3.44. The van der Waals surface area contributed by atoms with Gasteiger partial charge in [0.25, 0.3) is 0 Å². The average Bonchev–Trinajstić information content (AvgIpc) is 2.68. The fourth-order valence-electron chi connectivity index (χ4n) is 1.72. The van der Waals surface area contributed by atoms with Crippen LogP contribution in [0.3, 0.4) is 0 Å². The van der Waals surface area contributed by atoms with Crippen LogP contribution in [0.1, 0.15) is 19.0 Å². The van der Waals surface area contributed by atoms with E-state index in [0.29, 0.717) is 12.3 Å². The normalized spacial score (nSPS) is 10.7. The Morgan fingerprint density at radius 3 is 2.79 bits per heavy atom. The number of nitrogens with zero attached hydrogens (tertiary/aromatic N) is 2. The van der Waals surface area contributed by atoms with Crippen molar-refractivity contribution in [2.45, 2.75) is 30.2 Å². The molecule has 0 unspecified atom stereocenters. The molecule has 1 aromatic heterocycles. The highest BCUT2D eigenvalue weighted by Gasteiger charge is 2.07. The molecule has 0 amide bonds. The van der Waals surface area contributed by atoms with Crippen LogP contribution in [-0.4, -0.2) is 16.4 Å². The van der Waals surface area contributed by atoms with Crippen molar-refractivity contribution in [3.8, 4) is 5.75 Å². The molecule has 19 heavy (non-hydrogen) atoms. The van der Waals surface area contributed by atoms with Crippen molar-refractivity contribution >= 4 is 17.4 Å². The van der Waals surface area contributed by atoms with Crippen molar-refractivity contribution < 1.29 is 4.74 Å². The van der Waals surface area contributed by atoms with Crippen molar-refractivity contribution in [1.29, 1.82) is 0 Å². The van der Waals surface area contributed by atoms with Crippen LogP contribution in [0.2, 0.25) is 0 Å². The van der Waals surface area contributed by atoms with E-state index in [0.717, 1.165) is 27.8 Å². The highest BCUT2D eigenvalue weighted by molar-refractivity contribution is 7.99. The Kier molecular flexibility index (Phi) is 4.37. The van der Waals surface area contributed by atoms with Gasteiger partial charge in [-0.05, 0) is 37.6 Å². The van der Waals surface area contributed by atoms with Crippen molar-refractivity contribution in [1.82, 2.24) is 9.78 Å². The van der Waals surface area contributed by atoms with E-state index in [9.17, 15) is 0 Å². The molecule has 0 saturated heterocycles. The predicted octanol–water partition coefficient (Wildman–Crippen LogP) is 3.25. The van der Waals surface area contributed by atoms with E-state index in [1.807, 2.05) is 36.9 Å². The number of aryl methyl sites for hydroxylation is 2. The Hall–Kier alpha value is -1.62. The fraction of sp³-hybridized carbons (Fsp3) is 0.357. The van der Waals surface area contributed by atoms with Crippen molar-refractivity contribution in [3.63, 3.8) is 0 Å². The molecular weight excluding hydrogens is 258 g/mol. The van der Waals surface area contributed by atoms with Crippen LogP contribution in [0.25, 0.3) is 0 Å². The van der Waals surface area contributed by atoms with Crippen LogP contribution in [-0.2, 0) is 7.05 Å². The summed E-state index contributed by atoms with van der Waals surface area (Å²) in [6.45, 7) is 4.75. The van der Waals surface area contributed by atoms with Gasteiger partial charge in [0, 0.05) is 11.9 Å². The van der Waals surface area contributed by atoms with Crippen molar-refractivity contribution in [2.24, 2.45) is 7.05 Å². The van der Waals surface area contributed by atoms with Crippen LogP contribution < -0.4 is 10.5 Å². The Morgan fingerprint density at radius 1 is 1.37 bits per heavy atom. The summed E-state index contributed by atoms with van der Waals surface area (Å²) in [5, 5.41) is 5.44. The molecule has 2 rings (SSSR count). The average molecular weight is 277 g/mol. The predicted molar refractivity (Wildman–Crippen MR) is 78.7 cm³/mol. The lowest BCUT2D eigenvalue weighted by Crippen LogP contribution is -1.99. The zero-order chi connectivity index (χ0) is 13.8. The Bertz CT molecular complexity index is 566. The number of rotatable bonds is 5. The van der Waals surface area contributed by atoms with Gasteiger partial charge in [-0.25, -0.2) is 0 Å². The second-order valence-electron chi connectivity index (χ2n) is 4.40. The highest BCUT2D eigenvalue weighted by Crippen LogP contribution is 2.33. The molecule has 0 aliphatic carbocycles. The number of benzene rings is 1. The molecule has 0 aliphatic heterocycles. The molecule has 1 aromatic carbocycles. The lowest BCUT2D eigenvalue weighted by molar-refractivity contribution is 0.318. The lowest BCUT2D eigenvalue weighted by Gasteiger charge is -2.09. The van der Waals surface area contributed by atoms with Gasteiger partial charge in [-0.3, -0.25) is 4.68 Å². The molecule has 0 atom stereocenters. The summed E-state index contributed by atoms with van der Waals surface area (Å²) in [6, 6.07) is 7.93. The van der Waals surface area contributed by atoms with Crippen LogP contribution in [0.5, 0.6) is 5.75 Å². The molecule has 0 fully saturated rings. The van der Waals surface area contributed by atoms with Crippen LogP contribution in [0.15, 0.2) is 34.2 Å². The van der Waals surface area contributed by atoms with Gasteiger partial charge >= 0.3 is 0 Å². The monoisotopic (exact) mass is 277 g/mol. The number of ether oxygens (including phenoxy) is 1.